The van der Waals surface area contributed by atoms with Gasteiger partial charge in [0.15, 0.2) is 0 Å². The van der Waals surface area contributed by atoms with Gasteiger partial charge in [-0.15, -0.1) is 0 Å². The van der Waals surface area contributed by atoms with Crippen molar-refractivity contribution in [2.75, 3.05) is 6.54 Å². The third-order valence-corrected chi connectivity index (χ3v) is 6.43. The first-order valence-electron chi connectivity index (χ1n) is 13.3. The monoisotopic (exact) mass is 567 g/mol. The van der Waals surface area contributed by atoms with Gasteiger partial charge in [0, 0.05) is 43.0 Å². The van der Waals surface area contributed by atoms with Gasteiger partial charge in [-0.25, -0.2) is 14.8 Å². The van der Waals surface area contributed by atoms with Crippen LogP contribution < -0.4 is 27.4 Å². The van der Waals surface area contributed by atoms with Crippen LogP contribution in [0.1, 0.15) is 36.2 Å². The Balaban J connectivity index is 1.76. The van der Waals surface area contributed by atoms with E-state index < -0.39 is 47.9 Å². The summed E-state index contributed by atoms with van der Waals surface area (Å²) in [5.41, 5.74) is 13.4. The maximum atomic E-state index is 13.5. The summed E-state index contributed by atoms with van der Waals surface area (Å²) in [7, 11) is 0. The minimum Gasteiger partial charge on any atom is -0.480 e. The molecular formula is C27H37N9O5. The second kappa shape index (κ2) is 15.9. The number of benzene rings is 1. The van der Waals surface area contributed by atoms with Gasteiger partial charge in [-0.05, 0) is 24.9 Å². The van der Waals surface area contributed by atoms with E-state index in [0.717, 1.165) is 5.56 Å². The molecule has 10 N–H and O–H groups in total. The van der Waals surface area contributed by atoms with Crippen molar-refractivity contribution in [2.24, 2.45) is 11.5 Å². The van der Waals surface area contributed by atoms with E-state index in [-0.39, 0.29) is 19.3 Å². The molecule has 0 saturated heterocycles. The Morgan fingerprint density at radius 1 is 0.780 bits per heavy atom. The second-order valence-electron chi connectivity index (χ2n) is 9.66. The van der Waals surface area contributed by atoms with E-state index in [2.05, 4.69) is 35.9 Å². The zero-order valence-electron chi connectivity index (χ0n) is 22.6. The smallest absolute Gasteiger partial charge is 0.326 e. The van der Waals surface area contributed by atoms with Crippen molar-refractivity contribution in [3.05, 3.63) is 72.3 Å². The summed E-state index contributed by atoms with van der Waals surface area (Å²) in [6.45, 7) is 0.479. The van der Waals surface area contributed by atoms with Crippen LogP contribution in [0.2, 0.25) is 0 Å². The van der Waals surface area contributed by atoms with Crippen LogP contribution in [-0.4, -0.2) is 79.4 Å². The van der Waals surface area contributed by atoms with Crippen molar-refractivity contribution in [3.8, 4) is 0 Å². The van der Waals surface area contributed by atoms with Crippen molar-refractivity contribution in [2.45, 2.75) is 62.7 Å². The molecule has 4 atom stereocenters. The number of carboxylic acid groups (broad SMARTS) is 1. The number of hydrogen-bond donors (Lipinski definition) is 8. The van der Waals surface area contributed by atoms with Gasteiger partial charge in [0.2, 0.25) is 17.7 Å². The van der Waals surface area contributed by atoms with Crippen LogP contribution in [0.5, 0.6) is 0 Å². The van der Waals surface area contributed by atoms with Crippen LogP contribution >= 0.6 is 0 Å². The number of aromatic amines is 2. The van der Waals surface area contributed by atoms with E-state index in [4.69, 9.17) is 11.5 Å². The summed E-state index contributed by atoms with van der Waals surface area (Å²) in [4.78, 5) is 65.3. The fourth-order valence-electron chi connectivity index (χ4n) is 4.16. The summed E-state index contributed by atoms with van der Waals surface area (Å²) >= 11 is 0. The largest absolute Gasteiger partial charge is 0.480 e. The molecule has 3 rings (SSSR count). The normalized spacial score (nSPS) is 13.9. The fourth-order valence-corrected chi connectivity index (χ4v) is 4.16. The van der Waals surface area contributed by atoms with Crippen LogP contribution in [0, 0.1) is 0 Å². The summed E-state index contributed by atoms with van der Waals surface area (Å²) in [5, 5.41) is 17.7. The number of imidazole rings is 2. The van der Waals surface area contributed by atoms with Crippen molar-refractivity contribution in [1.82, 2.24) is 35.9 Å². The molecular weight excluding hydrogens is 530 g/mol. The maximum Gasteiger partial charge on any atom is 0.326 e. The topological polar surface area (TPSA) is 234 Å². The summed E-state index contributed by atoms with van der Waals surface area (Å²) in [6.07, 6.45) is 7.74. The van der Waals surface area contributed by atoms with E-state index >= 15 is 0 Å². The molecule has 2 heterocycles. The molecule has 0 aliphatic rings. The number of aromatic nitrogens is 4. The van der Waals surface area contributed by atoms with Crippen LogP contribution in [0.15, 0.2) is 55.4 Å². The summed E-state index contributed by atoms with van der Waals surface area (Å²) in [6, 6.07) is 4.50. The average Bonchev–Trinajstić information content (AvgIpc) is 3.67. The summed E-state index contributed by atoms with van der Waals surface area (Å²) in [5.74, 6) is -3.11. The van der Waals surface area contributed by atoms with Gasteiger partial charge < -0.3 is 42.5 Å². The van der Waals surface area contributed by atoms with Crippen molar-refractivity contribution < 1.29 is 24.3 Å². The summed E-state index contributed by atoms with van der Waals surface area (Å²) < 4.78 is 0. The number of carbonyl (C=O) groups excluding carboxylic acids is 3. The predicted octanol–water partition coefficient (Wildman–Crippen LogP) is -0.844. The van der Waals surface area contributed by atoms with Gasteiger partial charge in [-0.1, -0.05) is 36.8 Å². The molecule has 2 aromatic heterocycles. The Labute approximate surface area is 237 Å². The minimum atomic E-state index is -1.24. The Kier molecular flexibility index (Phi) is 12.0. The molecule has 1 aromatic carbocycles. The van der Waals surface area contributed by atoms with E-state index in [1.165, 1.54) is 25.0 Å². The molecule has 0 fully saturated rings. The second-order valence-corrected chi connectivity index (χ2v) is 9.66. The Morgan fingerprint density at radius 2 is 1.32 bits per heavy atom. The number of nitrogens with zero attached hydrogens (tertiary/aromatic N) is 2. The van der Waals surface area contributed by atoms with Crippen LogP contribution in [0.3, 0.4) is 0 Å². The highest BCUT2D eigenvalue weighted by molar-refractivity contribution is 5.94. The number of amides is 3. The molecule has 0 radical (unpaired) electrons. The zero-order valence-corrected chi connectivity index (χ0v) is 22.6. The molecule has 0 spiro atoms. The standard InChI is InChI=1S/C27H37N9O5/c28-9-5-4-8-20(29)24(37)34-21(11-18-13-30-15-32-18)25(38)35-22(12-19-14-31-16-33-19)26(39)36-23(27(40)41)10-17-6-2-1-3-7-17/h1-3,6-7,13-16,20-23H,4-5,8-12,28-29H2,(H,30,32)(H,31,33)(H,34,37)(H,35,38)(H,36,39)(H,40,41). The first kappa shape index (κ1) is 31.0. The van der Waals surface area contributed by atoms with E-state index in [1.807, 2.05) is 0 Å². The molecule has 41 heavy (non-hydrogen) atoms. The minimum absolute atomic E-state index is 0.00141. The molecule has 14 heteroatoms. The third kappa shape index (κ3) is 10.2. The number of rotatable bonds is 17. The molecule has 4 unspecified atom stereocenters. The number of nitrogens with one attached hydrogen (secondary N) is 5. The number of aliphatic carboxylic acids is 1. The molecule has 0 aliphatic heterocycles. The number of carboxylic acids is 1. The van der Waals surface area contributed by atoms with Gasteiger partial charge in [-0.2, -0.15) is 0 Å². The lowest BCUT2D eigenvalue weighted by Gasteiger charge is -2.25. The maximum absolute atomic E-state index is 13.5. The number of hydrogen-bond acceptors (Lipinski definition) is 8. The molecule has 220 valence electrons. The quantitative estimate of drug-likeness (QED) is 0.0948. The van der Waals surface area contributed by atoms with Gasteiger partial charge in [0.25, 0.3) is 0 Å². The van der Waals surface area contributed by atoms with E-state index in [9.17, 15) is 24.3 Å². The predicted molar refractivity (Wildman–Crippen MR) is 149 cm³/mol. The molecule has 3 amide bonds. The van der Waals surface area contributed by atoms with Crippen LogP contribution in [-0.2, 0) is 38.4 Å². The Bertz CT molecular complexity index is 1240. The first-order valence-corrected chi connectivity index (χ1v) is 13.3. The van der Waals surface area contributed by atoms with Crippen LogP contribution in [0.25, 0.3) is 0 Å². The fraction of sp³-hybridized carbons (Fsp3) is 0.407. The lowest BCUT2D eigenvalue weighted by atomic mass is 10.0. The van der Waals surface area contributed by atoms with Gasteiger partial charge >= 0.3 is 5.97 Å². The molecule has 3 aromatic rings. The lowest BCUT2D eigenvalue weighted by Crippen LogP contribution is -2.58. The number of carbonyl (C=O) groups is 4. The molecule has 14 nitrogen and oxygen atoms in total. The highest BCUT2D eigenvalue weighted by Gasteiger charge is 2.31. The SMILES string of the molecule is NCCCCC(N)C(=O)NC(Cc1cnc[nH]1)C(=O)NC(Cc1cnc[nH]1)C(=O)NC(Cc1ccccc1)C(=O)O. The van der Waals surface area contributed by atoms with E-state index in [0.29, 0.717) is 37.2 Å². The Morgan fingerprint density at radius 3 is 1.80 bits per heavy atom. The third-order valence-electron chi connectivity index (χ3n) is 6.43. The molecule has 0 aliphatic carbocycles. The van der Waals surface area contributed by atoms with Gasteiger partial charge in [0.05, 0.1) is 18.7 Å². The number of unbranched alkanes of at least 4 members (excludes halogenated alkanes) is 1. The van der Waals surface area contributed by atoms with Crippen molar-refractivity contribution in [3.63, 3.8) is 0 Å². The number of nitrogens with two attached hydrogens (primary N) is 2. The molecule has 0 bridgehead atoms. The van der Waals surface area contributed by atoms with Crippen molar-refractivity contribution in [1.29, 1.82) is 0 Å². The van der Waals surface area contributed by atoms with Crippen molar-refractivity contribution >= 4 is 23.7 Å². The van der Waals surface area contributed by atoms with Crippen LogP contribution in [0.4, 0.5) is 0 Å². The highest BCUT2D eigenvalue weighted by atomic mass is 16.4. The highest BCUT2D eigenvalue weighted by Crippen LogP contribution is 2.07. The van der Waals surface area contributed by atoms with Gasteiger partial charge in [-0.3, -0.25) is 14.4 Å². The average molecular weight is 568 g/mol. The number of H-pyrrole nitrogens is 2. The zero-order chi connectivity index (χ0) is 29.6. The molecule has 0 saturated carbocycles. The Hall–Kier alpha value is -4.56. The first-order chi connectivity index (χ1) is 19.8. The lowest BCUT2D eigenvalue weighted by molar-refractivity contribution is -0.142. The van der Waals surface area contributed by atoms with E-state index in [1.54, 1.807) is 30.3 Å². The van der Waals surface area contributed by atoms with Gasteiger partial charge in [0.1, 0.15) is 18.1 Å².